The molecule has 0 radical (unpaired) electrons. The Bertz CT molecular complexity index is 331. The van der Waals surface area contributed by atoms with Crippen molar-refractivity contribution in [1.82, 2.24) is 0 Å². The van der Waals surface area contributed by atoms with E-state index in [1.54, 1.807) is 0 Å². The van der Waals surface area contributed by atoms with Gasteiger partial charge in [0.15, 0.2) is 6.29 Å². The molecule has 3 heteroatoms. The average molecular weight is 234 g/mol. The summed E-state index contributed by atoms with van der Waals surface area (Å²) in [5, 5.41) is 0. The van der Waals surface area contributed by atoms with Crippen LogP contribution in [0.15, 0.2) is 30.3 Å². The third-order valence-electron chi connectivity index (χ3n) is 2.99. The number of benzene rings is 1. The Kier molecular flexibility index (Phi) is 4.71. The summed E-state index contributed by atoms with van der Waals surface area (Å²) in [6.07, 6.45) is 3.99. The van der Waals surface area contributed by atoms with E-state index in [0.29, 0.717) is 6.61 Å². The summed E-state index contributed by atoms with van der Waals surface area (Å²) < 4.78 is 11.1. The summed E-state index contributed by atoms with van der Waals surface area (Å²) in [4.78, 5) is 11.1. The minimum absolute atomic E-state index is 0.130. The number of ether oxygens (including phenoxy) is 2. The highest BCUT2D eigenvalue weighted by Gasteiger charge is 2.17. The molecule has 1 saturated heterocycles. The maximum atomic E-state index is 11.1. The van der Waals surface area contributed by atoms with Crippen LogP contribution in [0.4, 0.5) is 0 Å². The second-order valence-corrected chi connectivity index (χ2v) is 4.28. The molecule has 0 aliphatic carbocycles. The van der Waals surface area contributed by atoms with Gasteiger partial charge in [0.1, 0.15) is 6.29 Å². The summed E-state index contributed by atoms with van der Waals surface area (Å²) in [6.45, 7) is 1.17. The first kappa shape index (κ1) is 12.3. The number of hydrogen-bond donors (Lipinski definition) is 0. The van der Waals surface area contributed by atoms with E-state index in [-0.39, 0.29) is 12.2 Å². The Hall–Kier alpha value is -1.19. The van der Waals surface area contributed by atoms with E-state index in [2.05, 4.69) is 0 Å². The molecule has 0 N–H and O–H groups in total. The molecule has 1 aliphatic heterocycles. The molecular formula is C14H18O3. The Balaban J connectivity index is 1.85. The highest BCUT2D eigenvalue weighted by molar-refractivity contribution is 5.62. The van der Waals surface area contributed by atoms with Crippen LogP contribution in [0.25, 0.3) is 0 Å². The molecule has 1 aromatic carbocycles. The van der Waals surface area contributed by atoms with Gasteiger partial charge in [-0.2, -0.15) is 0 Å². The summed E-state index contributed by atoms with van der Waals surface area (Å²) in [5.74, 6) is -0.193. The first-order valence-corrected chi connectivity index (χ1v) is 6.13. The van der Waals surface area contributed by atoms with Crippen molar-refractivity contribution in [3.05, 3.63) is 35.9 Å². The lowest BCUT2D eigenvalue weighted by Crippen LogP contribution is -2.24. The third-order valence-corrected chi connectivity index (χ3v) is 2.99. The number of carbonyl (C=O) groups excluding carboxylic acids is 1. The number of hydrogen-bond acceptors (Lipinski definition) is 3. The van der Waals surface area contributed by atoms with E-state index >= 15 is 0 Å². The zero-order valence-electron chi connectivity index (χ0n) is 9.88. The number of rotatable bonds is 5. The lowest BCUT2D eigenvalue weighted by atomic mass is 10.0. The quantitative estimate of drug-likeness (QED) is 0.734. The summed E-state index contributed by atoms with van der Waals surface area (Å²) in [7, 11) is 0. The van der Waals surface area contributed by atoms with Gasteiger partial charge in [0, 0.05) is 6.61 Å². The molecule has 0 saturated carbocycles. The molecule has 0 amide bonds. The van der Waals surface area contributed by atoms with E-state index in [9.17, 15) is 4.79 Å². The van der Waals surface area contributed by atoms with E-state index in [4.69, 9.17) is 9.47 Å². The fraction of sp³-hybridized carbons (Fsp3) is 0.500. The minimum Gasteiger partial charge on any atom is -0.353 e. The first-order chi connectivity index (χ1) is 8.40. The molecule has 1 aromatic rings. The topological polar surface area (TPSA) is 35.5 Å². The zero-order valence-corrected chi connectivity index (χ0v) is 9.88. The van der Waals surface area contributed by atoms with Crippen molar-refractivity contribution in [3.8, 4) is 0 Å². The van der Waals surface area contributed by atoms with Crippen LogP contribution >= 0.6 is 0 Å². The Morgan fingerprint density at radius 2 is 2.18 bits per heavy atom. The van der Waals surface area contributed by atoms with Crippen molar-refractivity contribution in [3.63, 3.8) is 0 Å². The van der Waals surface area contributed by atoms with Gasteiger partial charge in [-0.1, -0.05) is 30.3 Å². The molecule has 92 valence electrons. The van der Waals surface area contributed by atoms with Crippen LogP contribution in [0.1, 0.15) is 30.7 Å². The van der Waals surface area contributed by atoms with Crippen LogP contribution in [0.2, 0.25) is 0 Å². The number of aldehydes is 1. The highest BCUT2D eigenvalue weighted by Crippen LogP contribution is 2.18. The number of carbonyl (C=O) groups is 1. The zero-order chi connectivity index (χ0) is 11.9. The molecule has 0 aromatic heterocycles. The molecule has 2 unspecified atom stereocenters. The largest absolute Gasteiger partial charge is 0.353 e. The standard InChI is InChI=1S/C14H18O3/c15-10-13(12-6-2-1-3-7-12)11-17-14-8-4-5-9-16-14/h1-3,6-7,10,13-14H,4-5,8-9,11H2. The van der Waals surface area contributed by atoms with Crippen molar-refractivity contribution in [1.29, 1.82) is 0 Å². The smallest absolute Gasteiger partial charge is 0.157 e. The van der Waals surface area contributed by atoms with Gasteiger partial charge in [0.2, 0.25) is 0 Å². The van der Waals surface area contributed by atoms with Crippen LogP contribution in [0.5, 0.6) is 0 Å². The van der Waals surface area contributed by atoms with E-state index in [0.717, 1.165) is 37.7 Å². The lowest BCUT2D eigenvalue weighted by molar-refractivity contribution is -0.165. The monoisotopic (exact) mass is 234 g/mol. The molecule has 1 aliphatic rings. The second-order valence-electron chi connectivity index (χ2n) is 4.28. The summed E-state index contributed by atoms with van der Waals surface area (Å²) >= 11 is 0. The fourth-order valence-corrected chi connectivity index (χ4v) is 1.97. The average Bonchev–Trinajstić information content (AvgIpc) is 2.42. The van der Waals surface area contributed by atoms with E-state index < -0.39 is 0 Å². The molecule has 3 nitrogen and oxygen atoms in total. The lowest BCUT2D eigenvalue weighted by Gasteiger charge is -2.24. The van der Waals surface area contributed by atoms with Crippen molar-refractivity contribution in [2.45, 2.75) is 31.5 Å². The molecule has 2 atom stereocenters. The van der Waals surface area contributed by atoms with Crippen molar-refractivity contribution >= 4 is 6.29 Å². The Morgan fingerprint density at radius 3 is 2.82 bits per heavy atom. The normalized spacial score (nSPS) is 22.0. The molecule has 17 heavy (non-hydrogen) atoms. The molecule has 2 rings (SSSR count). The van der Waals surface area contributed by atoms with Gasteiger partial charge >= 0.3 is 0 Å². The molecule has 1 heterocycles. The maximum absolute atomic E-state index is 11.1. The minimum atomic E-state index is -0.193. The SMILES string of the molecule is O=CC(COC1CCCCO1)c1ccccc1. The van der Waals surface area contributed by atoms with Gasteiger partial charge in [-0.05, 0) is 24.8 Å². The van der Waals surface area contributed by atoms with Crippen molar-refractivity contribution < 1.29 is 14.3 Å². The van der Waals surface area contributed by atoms with Crippen molar-refractivity contribution in [2.24, 2.45) is 0 Å². The van der Waals surface area contributed by atoms with Gasteiger partial charge in [-0.3, -0.25) is 0 Å². The second kappa shape index (κ2) is 6.52. The summed E-state index contributed by atoms with van der Waals surface area (Å²) in [6, 6.07) is 9.71. The molecule has 0 spiro atoms. The van der Waals surface area contributed by atoms with Gasteiger partial charge in [0.05, 0.1) is 12.5 Å². The van der Waals surface area contributed by atoms with Crippen LogP contribution in [-0.4, -0.2) is 25.8 Å². The first-order valence-electron chi connectivity index (χ1n) is 6.13. The Morgan fingerprint density at radius 1 is 1.35 bits per heavy atom. The third kappa shape index (κ3) is 3.65. The molecule has 0 bridgehead atoms. The van der Waals surface area contributed by atoms with Crippen LogP contribution in [-0.2, 0) is 14.3 Å². The fourth-order valence-electron chi connectivity index (χ4n) is 1.97. The van der Waals surface area contributed by atoms with E-state index in [1.807, 2.05) is 30.3 Å². The van der Waals surface area contributed by atoms with Gasteiger partial charge in [-0.15, -0.1) is 0 Å². The van der Waals surface area contributed by atoms with Crippen LogP contribution in [0.3, 0.4) is 0 Å². The molecular weight excluding hydrogens is 216 g/mol. The maximum Gasteiger partial charge on any atom is 0.157 e. The van der Waals surface area contributed by atoms with Crippen molar-refractivity contribution in [2.75, 3.05) is 13.2 Å². The van der Waals surface area contributed by atoms with Gasteiger partial charge in [0.25, 0.3) is 0 Å². The predicted octanol–water partition coefficient (Wildman–Crippen LogP) is 2.51. The van der Waals surface area contributed by atoms with Gasteiger partial charge < -0.3 is 14.3 Å². The summed E-state index contributed by atoms with van der Waals surface area (Å²) in [5.41, 5.74) is 0.998. The Labute approximate surface area is 102 Å². The highest BCUT2D eigenvalue weighted by atomic mass is 16.7. The van der Waals surface area contributed by atoms with Crippen LogP contribution < -0.4 is 0 Å². The molecule has 1 fully saturated rings. The predicted molar refractivity (Wildman–Crippen MR) is 64.8 cm³/mol. The van der Waals surface area contributed by atoms with Gasteiger partial charge in [-0.25, -0.2) is 0 Å². The van der Waals surface area contributed by atoms with E-state index in [1.165, 1.54) is 0 Å². The van der Waals surface area contributed by atoms with Crippen LogP contribution in [0, 0.1) is 0 Å².